The second-order valence-corrected chi connectivity index (χ2v) is 15.7. The van der Waals surface area contributed by atoms with Gasteiger partial charge in [-0.1, -0.05) is 158 Å². The third-order valence-corrected chi connectivity index (χ3v) is 12.5. The van der Waals surface area contributed by atoms with E-state index in [2.05, 4.69) is 109 Å². The van der Waals surface area contributed by atoms with Crippen LogP contribution in [0.25, 0.3) is 108 Å². The van der Waals surface area contributed by atoms with Crippen molar-refractivity contribution < 1.29 is 0 Å². The first kappa shape index (κ1) is 32.5. The van der Waals surface area contributed by atoms with Crippen LogP contribution in [0.5, 0.6) is 0 Å². The van der Waals surface area contributed by atoms with Gasteiger partial charge in [0.15, 0.2) is 23.3 Å². The molecule has 0 N–H and O–H groups in total. The summed E-state index contributed by atoms with van der Waals surface area (Å²) in [6.45, 7) is 0. The summed E-state index contributed by atoms with van der Waals surface area (Å²) in [5.41, 5.74) is 9.15. The molecule has 56 heavy (non-hydrogen) atoms. The maximum atomic E-state index is 5.21. The van der Waals surface area contributed by atoms with Gasteiger partial charge in [0, 0.05) is 58.1 Å². The number of benzene rings is 7. The van der Waals surface area contributed by atoms with E-state index in [4.69, 9.17) is 24.9 Å². The Balaban J connectivity index is 1.07. The van der Waals surface area contributed by atoms with Gasteiger partial charge in [-0.25, -0.2) is 24.9 Å². The molecule has 11 aromatic rings. The van der Waals surface area contributed by atoms with Gasteiger partial charge in [-0.15, -0.1) is 22.7 Å². The van der Waals surface area contributed by atoms with Gasteiger partial charge in [0.1, 0.15) is 0 Å². The predicted octanol–water partition coefficient (Wildman–Crippen LogP) is 13.4. The first-order valence-corrected chi connectivity index (χ1v) is 20.1. The average Bonchev–Trinajstić information content (AvgIpc) is 3.86. The number of fused-ring (bicyclic) bond motifs is 6. The van der Waals surface area contributed by atoms with Crippen molar-refractivity contribution in [2.45, 2.75) is 0 Å². The fourth-order valence-electron chi connectivity index (χ4n) is 7.53. The zero-order chi connectivity index (χ0) is 37.0. The molecule has 262 valence electrons. The Hall–Kier alpha value is -6.93. The van der Waals surface area contributed by atoms with Crippen LogP contribution in [-0.4, -0.2) is 24.9 Å². The van der Waals surface area contributed by atoms with E-state index in [1.54, 1.807) is 22.7 Å². The first-order chi connectivity index (χ1) is 27.7. The summed E-state index contributed by atoms with van der Waals surface area (Å²) in [7, 11) is 0. The highest BCUT2D eigenvalue weighted by Gasteiger charge is 2.20. The number of nitrogens with zero attached hydrogens (tertiary/aromatic N) is 5. The van der Waals surface area contributed by atoms with E-state index in [1.165, 1.54) is 19.5 Å². The fraction of sp³-hybridized carbons (Fsp3) is 0. The van der Waals surface area contributed by atoms with E-state index in [9.17, 15) is 0 Å². The van der Waals surface area contributed by atoms with Crippen LogP contribution < -0.4 is 0 Å². The maximum Gasteiger partial charge on any atom is 0.164 e. The van der Waals surface area contributed by atoms with Gasteiger partial charge in [0.2, 0.25) is 0 Å². The van der Waals surface area contributed by atoms with E-state index < -0.39 is 0 Å². The molecule has 0 radical (unpaired) electrons. The van der Waals surface area contributed by atoms with Crippen LogP contribution in [0.3, 0.4) is 0 Å². The molecule has 0 bridgehead atoms. The van der Waals surface area contributed by atoms with E-state index in [-0.39, 0.29) is 0 Å². The van der Waals surface area contributed by atoms with Crippen molar-refractivity contribution in [3.8, 4) is 67.9 Å². The number of rotatable bonds is 6. The van der Waals surface area contributed by atoms with E-state index in [1.807, 2.05) is 66.7 Å². The lowest BCUT2D eigenvalue weighted by molar-refractivity contribution is 1.08. The lowest BCUT2D eigenvalue weighted by Crippen LogP contribution is -2.00. The van der Waals surface area contributed by atoms with Gasteiger partial charge in [-0.3, -0.25) is 0 Å². The van der Waals surface area contributed by atoms with Crippen LogP contribution in [0.4, 0.5) is 0 Å². The monoisotopic (exact) mass is 751 g/mol. The van der Waals surface area contributed by atoms with Crippen molar-refractivity contribution in [2.75, 3.05) is 0 Å². The third kappa shape index (κ3) is 5.56. The molecule has 7 aromatic carbocycles. The zero-order valence-corrected chi connectivity index (χ0v) is 31.4. The van der Waals surface area contributed by atoms with Crippen LogP contribution in [0.1, 0.15) is 0 Å². The molecular formula is C49H29N5S2. The van der Waals surface area contributed by atoms with Crippen molar-refractivity contribution >= 4 is 63.1 Å². The summed E-state index contributed by atoms with van der Waals surface area (Å²) in [5.74, 6) is 2.66. The first-order valence-electron chi connectivity index (χ1n) is 18.4. The lowest BCUT2D eigenvalue weighted by atomic mass is 9.96. The molecule has 5 nitrogen and oxygen atoms in total. The zero-order valence-electron chi connectivity index (χ0n) is 29.8. The van der Waals surface area contributed by atoms with Crippen molar-refractivity contribution in [2.24, 2.45) is 0 Å². The summed E-state index contributed by atoms with van der Waals surface area (Å²) in [6.07, 6.45) is 0. The molecule has 0 saturated carbocycles. The highest BCUT2D eigenvalue weighted by atomic mass is 32.1. The number of thiophene rings is 2. The summed E-state index contributed by atoms with van der Waals surface area (Å²) in [6, 6.07) is 60.9. The van der Waals surface area contributed by atoms with Gasteiger partial charge >= 0.3 is 0 Å². The minimum atomic E-state index is 0.646. The highest BCUT2D eigenvalue weighted by molar-refractivity contribution is 7.26. The van der Waals surface area contributed by atoms with Crippen LogP contribution in [0.2, 0.25) is 0 Å². The molecule has 0 aliphatic carbocycles. The van der Waals surface area contributed by atoms with Crippen molar-refractivity contribution in [3.63, 3.8) is 0 Å². The smallest absolute Gasteiger partial charge is 0.164 e. The number of hydrogen-bond acceptors (Lipinski definition) is 7. The fourth-order valence-corrected chi connectivity index (χ4v) is 9.85. The minimum absolute atomic E-state index is 0.646. The van der Waals surface area contributed by atoms with Crippen molar-refractivity contribution in [1.82, 2.24) is 24.9 Å². The Labute approximate surface area is 330 Å². The summed E-state index contributed by atoms with van der Waals surface area (Å²) >= 11 is 3.54. The molecule has 0 unspecified atom stereocenters. The molecule has 0 atom stereocenters. The summed E-state index contributed by atoms with van der Waals surface area (Å²) < 4.78 is 4.71. The van der Waals surface area contributed by atoms with Gasteiger partial charge in [0.05, 0.1) is 15.9 Å². The largest absolute Gasteiger partial charge is 0.226 e. The third-order valence-electron chi connectivity index (χ3n) is 10.2. The SMILES string of the molecule is c1ccc(-c2nc(-c3ccccc3)nc(-c3cccc4sc5cccc(-c6ccc(-c7nc(-c8ccccc8)c8sc9ccccc9c8n7)cc6)c5c34)n2)cc1. The topological polar surface area (TPSA) is 64.5 Å². The number of hydrogen-bond donors (Lipinski definition) is 0. The quantitative estimate of drug-likeness (QED) is 0.169. The second-order valence-electron chi connectivity index (χ2n) is 13.6. The van der Waals surface area contributed by atoms with Crippen molar-refractivity contribution in [3.05, 3.63) is 176 Å². The predicted molar refractivity (Wildman–Crippen MR) is 234 cm³/mol. The normalized spacial score (nSPS) is 11.6. The molecule has 0 saturated heterocycles. The average molecular weight is 752 g/mol. The molecule has 11 rings (SSSR count). The maximum absolute atomic E-state index is 5.21. The van der Waals surface area contributed by atoms with Crippen LogP contribution in [0, 0.1) is 0 Å². The molecule has 0 aliphatic rings. The van der Waals surface area contributed by atoms with Gasteiger partial charge in [-0.2, -0.15) is 0 Å². The number of aromatic nitrogens is 5. The van der Waals surface area contributed by atoms with Gasteiger partial charge in [0.25, 0.3) is 0 Å². The van der Waals surface area contributed by atoms with Crippen LogP contribution in [-0.2, 0) is 0 Å². The lowest BCUT2D eigenvalue weighted by Gasteiger charge is -2.11. The summed E-state index contributed by atoms with van der Waals surface area (Å²) in [5, 5.41) is 3.48. The Bertz CT molecular complexity index is 3170. The molecule has 0 aliphatic heterocycles. The Morgan fingerprint density at radius 1 is 0.304 bits per heavy atom. The molecule has 0 amide bonds. The minimum Gasteiger partial charge on any atom is -0.226 e. The Morgan fingerprint density at radius 3 is 1.45 bits per heavy atom. The van der Waals surface area contributed by atoms with Gasteiger partial charge in [-0.05, 0) is 29.3 Å². The van der Waals surface area contributed by atoms with E-state index >= 15 is 0 Å². The molecule has 4 aromatic heterocycles. The van der Waals surface area contributed by atoms with E-state index in [0.717, 1.165) is 65.6 Å². The second kappa shape index (κ2) is 13.4. The Kier molecular flexibility index (Phi) is 7.79. The highest BCUT2D eigenvalue weighted by Crippen LogP contribution is 2.45. The molecule has 0 fully saturated rings. The van der Waals surface area contributed by atoms with Crippen LogP contribution >= 0.6 is 22.7 Å². The van der Waals surface area contributed by atoms with Crippen LogP contribution in [0.15, 0.2) is 176 Å². The molecule has 7 heteroatoms. The Morgan fingerprint density at radius 2 is 0.786 bits per heavy atom. The molecular weight excluding hydrogens is 723 g/mol. The molecule has 4 heterocycles. The standard InChI is InChI=1S/C49H29N5S2/c1-4-14-31(15-5-1)43-45-44(36-20-10-11-23-38(36)56-45)51-46(50-43)34-28-26-30(27-29-34)35-21-12-24-39-41(35)42-37(22-13-25-40(42)55-39)49-53-47(32-16-6-2-7-17-32)52-48(54-49)33-18-8-3-9-19-33/h1-29H. The molecule has 0 spiro atoms. The van der Waals surface area contributed by atoms with Gasteiger partial charge < -0.3 is 0 Å². The van der Waals surface area contributed by atoms with Crippen molar-refractivity contribution in [1.29, 1.82) is 0 Å². The summed E-state index contributed by atoms with van der Waals surface area (Å²) in [4.78, 5) is 25.6. The van der Waals surface area contributed by atoms with E-state index in [0.29, 0.717) is 23.3 Å².